The molecular weight excluding hydrogens is 274 g/mol. The van der Waals surface area contributed by atoms with Gasteiger partial charge in [0.1, 0.15) is 0 Å². The first kappa shape index (κ1) is 14.0. The predicted molar refractivity (Wildman–Crippen MR) is 84.1 cm³/mol. The number of nitro benzene ring substituents is 1. The second-order valence-electron chi connectivity index (χ2n) is 4.20. The van der Waals surface area contributed by atoms with Crippen LogP contribution in [-0.2, 0) is 0 Å². The van der Waals surface area contributed by atoms with E-state index in [2.05, 4.69) is 10.6 Å². The Labute approximate surface area is 121 Å². The molecule has 0 bridgehead atoms. The number of nitrogens with zero attached hydrogens (tertiary/aromatic N) is 1. The van der Waals surface area contributed by atoms with Crippen LogP contribution in [0.15, 0.2) is 48.5 Å². The quantitative estimate of drug-likeness (QED) is 0.511. The molecule has 0 aliphatic heterocycles. The van der Waals surface area contributed by atoms with Crippen molar-refractivity contribution in [1.82, 2.24) is 0 Å². The van der Waals surface area contributed by atoms with Crippen LogP contribution in [0.4, 0.5) is 17.1 Å². The monoisotopic (exact) mass is 287 g/mol. The molecule has 0 heterocycles. The first-order valence-corrected chi connectivity index (χ1v) is 6.35. The van der Waals surface area contributed by atoms with Crippen molar-refractivity contribution < 1.29 is 4.92 Å². The largest absolute Gasteiger partial charge is 0.332 e. The van der Waals surface area contributed by atoms with Gasteiger partial charge in [0, 0.05) is 23.5 Å². The Morgan fingerprint density at radius 2 is 1.85 bits per heavy atom. The van der Waals surface area contributed by atoms with Crippen molar-refractivity contribution in [2.75, 3.05) is 10.6 Å². The highest BCUT2D eigenvalue weighted by atomic mass is 32.1. The molecule has 5 nitrogen and oxygen atoms in total. The summed E-state index contributed by atoms with van der Waals surface area (Å²) in [6.07, 6.45) is 0. The molecule has 2 N–H and O–H groups in total. The van der Waals surface area contributed by atoms with Gasteiger partial charge in [0.05, 0.1) is 4.92 Å². The maximum absolute atomic E-state index is 10.7. The summed E-state index contributed by atoms with van der Waals surface area (Å²) in [5.41, 5.74) is 2.44. The van der Waals surface area contributed by atoms with Crippen LogP contribution in [0.25, 0.3) is 0 Å². The zero-order valence-corrected chi connectivity index (χ0v) is 11.6. The lowest BCUT2D eigenvalue weighted by molar-refractivity contribution is -0.384. The Kier molecular flexibility index (Phi) is 4.27. The molecule has 20 heavy (non-hydrogen) atoms. The Hall–Kier alpha value is -2.47. The van der Waals surface area contributed by atoms with Gasteiger partial charge in [0.15, 0.2) is 5.11 Å². The molecule has 0 aliphatic carbocycles. The van der Waals surface area contributed by atoms with Gasteiger partial charge in [0.2, 0.25) is 0 Å². The lowest BCUT2D eigenvalue weighted by atomic mass is 10.2. The number of thiocarbonyl (C=S) groups is 1. The van der Waals surface area contributed by atoms with Gasteiger partial charge in [-0.2, -0.15) is 0 Å². The Bertz CT molecular complexity index is 644. The number of para-hydroxylation sites is 1. The van der Waals surface area contributed by atoms with Gasteiger partial charge < -0.3 is 10.6 Å². The summed E-state index contributed by atoms with van der Waals surface area (Å²) in [5.74, 6) is 0. The number of non-ortho nitro benzene ring substituents is 1. The lowest BCUT2D eigenvalue weighted by Crippen LogP contribution is -2.19. The molecule has 2 aromatic rings. The van der Waals surface area contributed by atoms with Crippen molar-refractivity contribution in [1.29, 1.82) is 0 Å². The second kappa shape index (κ2) is 6.12. The molecule has 0 saturated heterocycles. The molecule has 0 amide bonds. The molecule has 0 atom stereocenters. The van der Waals surface area contributed by atoms with Gasteiger partial charge in [-0.15, -0.1) is 0 Å². The fourth-order valence-electron chi connectivity index (χ4n) is 1.71. The van der Waals surface area contributed by atoms with E-state index < -0.39 is 4.92 Å². The third kappa shape index (κ3) is 3.52. The minimum absolute atomic E-state index is 0.0648. The zero-order valence-electron chi connectivity index (χ0n) is 10.8. The molecule has 6 heteroatoms. The normalized spacial score (nSPS) is 9.85. The first-order chi connectivity index (χ1) is 9.56. The van der Waals surface area contributed by atoms with E-state index in [1.165, 1.54) is 12.1 Å². The van der Waals surface area contributed by atoms with Crippen molar-refractivity contribution in [2.45, 2.75) is 6.92 Å². The van der Waals surface area contributed by atoms with Crippen LogP contribution in [0.5, 0.6) is 0 Å². The molecule has 102 valence electrons. The van der Waals surface area contributed by atoms with E-state index in [9.17, 15) is 10.1 Å². The highest BCUT2D eigenvalue weighted by molar-refractivity contribution is 7.80. The third-order valence-electron chi connectivity index (χ3n) is 2.70. The highest BCUT2D eigenvalue weighted by Gasteiger charge is 2.08. The number of hydrogen-bond donors (Lipinski definition) is 2. The van der Waals surface area contributed by atoms with E-state index in [4.69, 9.17) is 12.2 Å². The van der Waals surface area contributed by atoms with Crippen molar-refractivity contribution in [3.8, 4) is 0 Å². The average Bonchev–Trinajstić information content (AvgIpc) is 2.42. The van der Waals surface area contributed by atoms with Crippen LogP contribution in [0, 0.1) is 17.0 Å². The van der Waals surface area contributed by atoms with Crippen LogP contribution < -0.4 is 10.6 Å². The summed E-state index contributed by atoms with van der Waals surface area (Å²) in [4.78, 5) is 10.3. The van der Waals surface area contributed by atoms with E-state index in [1.807, 2.05) is 30.3 Å². The number of nitro groups is 1. The number of anilines is 2. The Morgan fingerprint density at radius 3 is 2.45 bits per heavy atom. The summed E-state index contributed by atoms with van der Waals surface area (Å²) in [6, 6.07) is 14.1. The molecule has 0 unspecified atom stereocenters. The number of aryl methyl sites for hydroxylation is 1. The van der Waals surface area contributed by atoms with Gasteiger partial charge >= 0.3 is 0 Å². The van der Waals surface area contributed by atoms with Gasteiger partial charge in [-0.25, -0.2) is 0 Å². The molecule has 0 spiro atoms. The van der Waals surface area contributed by atoms with Gasteiger partial charge in [-0.05, 0) is 42.9 Å². The van der Waals surface area contributed by atoms with Gasteiger partial charge in [0.25, 0.3) is 5.69 Å². The summed E-state index contributed by atoms with van der Waals surface area (Å²) in [5, 5.41) is 17.2. The minimum atomic E-state index is -0.419. The summed E-state index contributed by atoms with van der Waals surface area (Å²) < 4.78 is 0. The summed E-state index contributed by atoms with van der Waals surface area (Å²) >= 11 is 5.21. The molecule has 0 fully saturated rings. The van der Waals surface area contributed by atoms with Crippen LogP contribution in [0.2, 0.25) is 0 Å². The molecule has 2 rings (SSSR count). The maximum atomic E-state index is 10.7. The second-order valence-corrected chi connectivity index (χ2v) is 4.61. The topological polar surface area (TPSA) is 67.2 Å². The van der Waals surface area contributed by atoms with E-state index in [0.29, 0.717) is 5.11 Å². The van der Waals surface area contributed by atoms with E-state index in [1.54, 1.807) is 13.0 Å². The van der Waals surface area contributed by atoms with Crippen LogP contribution >= 0.6 is 12.2 Å². The van der Waals surface area contributed by atoms with Crippen molar-refractivity contribution in [3.05, 3.63) is 64.2 Å². The summed E-state index contributed by atoms with van der Waals surface area (Å²) in [6.45, 7) is 1.79. The summed E-state index contributed by atoms with van der Waals surface area (Å²) in [7, 11) is 0. The van der Waals surface area contributed by atoms with E-state index in [0.717, 1.165) is 16.9 Å². The SMILES string of the molecule is Cc1cc([N+](=O)[O-])ccc1NC(=S)Nc1ccccc1. The first-order valence-electron chi connectivity index (χ1n) is 5.94. The number of benzene rings is 2. The zero-order chi connectivity index (χ0) is 14.5. The molecule has 0 aromatic heterocycles. The maximum Gasteiger partial charge on any atom is 0.269 e. The predicted octanol–water partition coefficient (Wildman–Crippen LogP) is 3.71. The van der Waals surface area contributed by atoms with Crippen molar-refractivity contribution >= 4 is 34.4 Å². The minimum Gasteiger partial charge on any atom is -0.332 e. The van der Waals surface area contributed by atoms with Crippen LogP contribution in [0.1, 0.15) is 5.56 Å². The number of hydrogen-bond acceptors (Lipinski definition) is 3. The highest BCUT2D eigenvalue weighted by Crippen LogP contribution is 2.21. The Morgan fingerprint density at radius 1 is 1.15 bits per heavy atom. The average molecular weight is 287 g/mol. The van der Waals surface area contributed by atoms with Gasteiger partial charge in [-0.1, -0.05) is 18.2 Å². The third-order valence-corrected chi connectivity index (χ3v) is 2.90. The van der Waals surface area contributed by atoms with Crippen molar-refractivity contribution in [2.24, 2.45) is 0 Å². The van der Waals surface area contributed by atoms with Crippen LogP contribution in [-0.4, -0.2) is 10.0 Å². The van der Waals surface area contributed by atoms with Gasteiger partial charge in [-0.3, -0.25) is 10.1 Å². The standard InChI is InChI=1S/C14H13N3O2S/c1-10-9-12(17(18)19)7-8-13(10)16-14(20)15-11-5-3-2-4-6-11/h2-9H,1H3,(H2,15,16,20). The smallest absolute Gasteiger partial charge is 0.269 e. The fourth-order valence-corrected chi connectivity index (χ4v) is 1.94. The number of nitrogens with one attached hydrogen (secondary N) is 2. The molecule has 0 aliphatic rings. The molecular formula is C14H13N3O2S. The Balaban J connectivity index is 2.06. The molecule has 0 saturated carbocycles. The van der Waals surface area contributed by atoms with E-state index in [-0.39, 0.29) is 5.69 Å². The van der Waals surface area contributed by atoms with Crippen LogP contribution in [0.3, 0.4) is 0 Å². The van der Waals surface area contributed by atoms with E-state index >= 15 is 0 Å². The fraction of sp³-hybridized carbons (Fsp3) is 0.0714. The lowest BCUT2D eigenvalue weighted by Gasteiger charge is -2.12. The molecule has 2 aromatic carbocycles. The van der Waals surface area contributed by atoms with Crippen molar-refractivity contribution in [3.63, 3.8) is 0 Å². The molecule has 0 radical (unpaired) electrons. The number of rotatable bonds is 3.